The predicted molar refractivity (Wildman–Crippen MR) is 94.2 cm³/mol. The van der Waals surface area contributed by atoms with Gasteiger partial charge in [0.2, 0.25) is 5.88 Å². The molecule has 1 aromatic heterocycles. The maximum absolute atomic E-state index is 13.0. The van der Waals surface area contributed by atoms with E-state index in [0.717, 1.165) is 16.7 Å². The quantitative estimate of drug-likeness (QED) is 0.713. The first-order valence-electron chi connectivity index (χ1n) is 7.82. The highest BCUT2D eigenvalue weighted by atomic mass is 16.5. The lowest BCUT2D eigenvalue weighted by Gasteiger charge is -2.33. The zero-order valence-corrected chi connectivity index (χ0v) is 13.8. The molecular weight excluding hydrogens is 298 g/mol. The number of ether oxygens (including phenoxy) is 1. The first kappa shape index (κ1) is 15.9. The number of hydrogen-bond acceptors (Lipinski definition) is 3. The van der Waals surface area contributed by atoms with E-state index in [1.807, 2.05) is 66.7 Å². The molecule has 2 aromatic carbocycles. The van der Waals surface area contributed by atoms with E-state index in [1.165, 1.54) is 0 Å². The molecule has 1 heterocycles. The summed E-state index contributed by atoms with van der Waals surface area (Å²) in [6.45, 7) is 1.63. The van der Waals surface area contributed by atoms with E-state index < -0.39 is 5.41 Å². The van der Waals surface area contributed by atoms with Gasteiger partial charge in [-0.3, -0.25) is 4.79 Å². The van der Waals surface area contributed by atoms with Crippen molar-refractivity contribution < 1.29 is 9.53 Å². The van der Waals surface area contributed by atoms with Crippen molar-refractivity contribution in [3.8, 4) is 5.88 Å². The predicted octanol–water partition coefficient (Wildman–Crippen LogP) is 4.01. The topological polar surface area (TPSA) is 39.2 Å². The minimum absolute atomic E-state index is 0.0480. The highest BCUT2D eigenvalue weighted by Crippen LogP contribution is 2.40. The van der Waals surface area contributed by atoms with Gasteiger partial charge in [0, 0.05) is 12.3 Å². The standard InChI is InChI=1S/C21H19NO2/c1-16(23)21(17-9-5-3-6-10-17,18-11-7-4-8-12-18)19-13-14-20(24-2)22-15-19/h3-15H,1-2H3. The average molecular weight is 317 g/mol. The first-order valence-corrected chi connectivity index (χ1v) is 7.82. The normalized spacial score (nSPS) is 11.1. The highest BCUT2D eigenvalue weighted by Gasteiger charge is 2.41. The van der Waals surface area contributed by atoms with Crippen molar-refractivity contribution in [2.45, 2.75) is 12.3 Å². The number of benzene rings is 2. The Hall–Kier alpha value is -2.94. The summed E-state index contributed by atoms with van der Waals surface area (Å²) < 4.78 is 5.16. The number of Topliss-reactive ketones (excluding diaryl/α,β-unsaturated/α-hetero) is 1. The van der Waals surface area contributed by atoms with Crippen LogP contribution in [0, 0.1) is 0 Å². The summed E-state index contributed by atoms with van der Waals surface area (Å²) in [5.41, 5.74) is 1.79. The molecule has 0 unspecified atom stereocenters. The van der Waals surface area contributed by atoms with Crippen LogP contribution in [0.1, 0.15) is 23.6 Å². The Kier molecular flexibility index (Phi) is 4.43. The van der Waals surface area contributed by atoms with Crippen molar-refractivity contribution >= 4 is 5.78 Å². The van der Waals surface area contributed by atoms with Gasteiger partial charge in [-0.15, -0.1) is 0 Å². The molecule has 0 aliphatic carbocycles. The van der Waals surface area contributed by atoms with Crippen LogP contribution >= 0.6 is 0 Å². The lowest BCUT2D eigenvalue weighted by atomic mass is 9.67. The number of carbonyl (C=O) groups excluding carboxylic acids is 1. The fraction of sp³-hybridized carbons (Fsp3) is 0.143. The van der Waals surface area contributed by atoms with Gasteiger partial charge in [-0.2, -0.15) is 0 Å². The van der Waals surface area contributed by atoms with E-state index in [2.05, 4.69) is 4.98 Å². The largest absolute Gasteiger partial charge is 0.481 e. The molecule has 3 rings (SSSR count). The molecule has 3 heteroatoms. The molecule has 0 saturated heterocycles. The summed E-state index contributed by atoms with van der Waals surface area (Å²) >= 11 is 0. The van der Waals surface area contributed by atoms with E-state index in [9.17, 15) is 4.79 Å². The molecule has 0 aliphatic rings. The smallest absolute Gasteiger partial charge is 0.212 e. The monoisotopic (exact) mass is 317 g/mol. The highest BCUT2D eigenvalue weighted by molar-refractivity contribution is 5.96. The zero-order valence-electron chi connectivity index (χ0n) is 13.8. The molecule has 24 heavy (non-hydrogen) atoms. The molecule has 0 aliphatic heterocycles. The Morgan fingerprint density at radius 2 is 1.38 bits per heavy atom. The van der Waals surface area contributed by atoms with Crippen LogP contribution in [0.5, 0.6) is 5.88 Å². The molecule has 120 valence electrons. The minimum Gasteiger partial charge on any atom is -0.481 e. The van der Waals surface area contributed by atoms with Gasteiger partial charge in [0.1, 0.15) is 11.2 Å². The van der Waals surface area contributed by atoms with E-state index in [-0.39, 0.29) is 5.78 Å². The first-order chi connectivity index (χ1) is 11.7. The molecule has 0 atom stereocenters. The van der Waals surface area contributed by atoms with Crippen LogP contribution in [0.2, 0.25) is 0 Å². The van der Waals surface area contributed by atoms with Gasteiger partial charge < -0.3 is 4.74 Å². The number of aromatic nitrogens is 1. The van der Waals surface area contributed by atoms with Gasteiger partial charge in [-0.05, 0) is 23.6 Å². The molecule has 0 fully saturated rings. The van der Waals surface area contributed by atoms with Crippen molar-refractivity contribution in [3.63, 3.8) is 0 Å². The van der Waals surface area contributed by atoms with Crippen LogP contribution in [-0.2, 0) is 10.2 Å². The second kappa shape index (κ2) is 6.67. The van der Waals surface area contributed by atoms with Crippen molar-refractivity contribution in [3.05, 3.63) is 95.7 Å². The Morgan fingerprint density at radius 3 is 1.75 bits per heavy atom. The van der Waals surface area contributed by atoms with Crippen LogP contribution < -0.4 is 4.74 Å². The molecule has 0 amide bonds. The third-order valence-corrected chi connectivity index (χ3v) is 4.32. The number of rotatable bonds is 5. The summed E-state index contributed by atoms with van der Waals surface area (Å²) in [6, 6.07) is 23.3. The van der Waals surface area contributed by atoms with Gasteiger partial charge in [0.25, 0.3) is 0 Å². The second-order valence-electron chi connectivity index (χ2n) is 5.63. The fourth-order valence-electron chi connectivity index (χ4n) is 3.21. The van der Waals surface area contributed by atoms with Crippen molar-refractivity contribution in [1.29, 1.82) is 0 Å². The third-order valence-electron chi connectivity index (χ3n) is 4.32. The van der Waals surface area contributed by atoms with Gasteiger partial charge in [-0.25, -0.2) is 4.98 Å². The van der Waals surface area contributed by atoms with E-state index in [0.29, 0.717) is 5.88 Å². The third kappa shape index (κ3) is 2.58. The van der Waals surface area contributed by atoms with Gasteiger partial charge >= 0.3 is 0 Å². The van der Waals surface area contributed by atoms with E-state index in [1.54, 1.807) is 26.3 Å². The number of hydrogen-bond donors (Lipinski definition) is 0. The second-order valence-corrected chi connectivity index (χ2v) is 5.63. The van der Waals surface area contributed by atoms with Crippen LogP contribution in [0.25, 0.3) is 0 Å². The number of methoxy groups -OCH3 is 1. The van der Waals surface area contributed by atoms with Crippen LogP contribution in [0.3, 0.4) is 0 Å². The number of nitrogens with zero attached hydrogens (tertiary/aromatic N) is 1. The fourth-order valence-corrected chi connectivity index (χ4v) is 3.21. The Morgan fingerprint density at radius 1 is 0.833 bits per heavy atom. The number of carbonyl (C=O) groups is 1. The lowest BCUT2D eigenvalue weighted by molar-refractivity contribution is -0.119. The van der Waals surface area contributed by atoms with Crippen LogP contribution in [-0.4, -0.2) is 17.9 Å². The SMILES string of the molecule is COc1ccc(C(C(C)=O)(c2ccccc2)c2ccccc2)cn1. The van der Waals surface area contributed by atoms with Gasteiger partial charge in [0.15, 0.2) is 0 Å². The van der Waals surface area contributed by atoms with Crippen LogP contribution in [0.15, 0.2) is 79.0 Å². The summed E-state index contributed by atoms with van der Waals surface area (Å²) in [6.07, 6.45) is 1.72. The summed E-state index contributed by atoms with van der Waals surface area (Å²) in [4.78, 5) is 17.3. The number of pyridine rings is 1. The molecule has 3 aromatic rings. The van der Waals surface area contributed by atoms with Crippen molar-refractivity contribution in [2.75, 3.05) is 7.11 Å². The van der Waals surface area contributed by atoms with Crippen molar-refractivity contribution in [2.24, 2.45) is 0 Å². The number of ketones is 1. The van der Waals surface area contributed by atoms with E-state index >= 15 is 0 Å². The molecule has 0 N–H and O–H groups in total. The average Bonchev–Trinajstić information content (AvgIpc) is 2.64. The maximum atomic E-state index is 13.0. The molecule has 0 radical (unpaired) electrons. The molecule has 3 nitrogen and oxygen atoms in total. The van der Waals surface area contributed by atoms with Crippen molar-refractivity contribution in [1.82, 2.24) is 4.98 Å². The summed E-state index contributed by atoms with van der Waals surface area (Å²) in [5, 5.41) is 0. The Bertz CT molecular complexity index is 772. The zero-order chi connectivity index (χ0) is 17.0. The van der Waals surface area contributed by atoms with Gasteiger partial charge in [-0.1, -0.05) is 66.7 Å². The Labute approximate surface area is 142 Å². The molecule has 0 saturated carbocycles. The minimum atomic E-state index is -0.887. The van der Waals surface area contributed by atoms with Crippen LogP contribution in [0.4, 0.5) is 0 Å². The molecular formula is C21H19NO2. The summed E-state index contributed by atoms with van der Waals surface area (Å²) in [5.74, 6) is 0.573. The molecule has 0 bridgehead atoms. The van der Waals surface area contributed by atoms with Gasteiger partial charge in [0.05, 0.1) is 7.11 Å². The molecule has 0 spiro atoms. The maximum Gasteiger partial charge on any atom is 0.212 e. The lowest BCUT2D eigenvalue weighted by Crippen LogP contribution is -2.37. The summed E-state index contributed by atoms with van der Waals surface area (Å²) in [7, 11) is 1.58. The Balaban J connectivity index is 2.32. The van der Waals surface area contributed by atoms with E-state index in [4.69, 9.17) is 4.74 Å².